The monoisotopic (exact) mass is 708 g/mol. The number of carbonyl (C=O) groups is 1. The van der Waals surface area contributed by atoms with E-state index in [0.29, 0.717) is 53.7 Å². The largest absolute Gasteiger partial charge is 0.489 e. The van der Waals surface area contributed by atoms with E-state index in [0.717, 1.165) is 17.5 Å². The summed E-state index contributed by atoms with van der Waals surface area (Å²) in [7, 11) is -3.71. The van der Waals surface area contributed by atoms with Gasteiger partial charge in [0, 0.05) is 36.6 Å². The highest BCUT2D eigenvalue weighted by Crippen LogP contribution is 2.38. The van der Waals surface area contributed by atoms with Crippen LogP contribution in [0.5, 0.6) is 11.5 Å². The van der Waals surface area contributed by atoms with Crippen LogP contribution in [0.2, 0.25) is 5.02 Å². The molecular weight excluding hydrogens is 671 g/mol. The van der Waals surface area contributed by atoms with Gasteiger partial charge in [-0.15, -0.1) is 11.6 Å². The lowest BCUT2D eigenvalue weighted by atomic mass is 9.77. The summed E-state index contributed by atoms with van der Waals surface area (Å²) in [6, 6.07) is 13.3. The standard InChI is InChI=1S/C32H38Cl2N4O8S/c1-32(2,26-16-24(18-35)30(28(34)17-26)45-13-10-33)25-6-8-27(9-7-25)46-21-23-19-36-31(37-20-23)38-47(41,42)15-14-43-11-4-3-5-12-44-22-29(39)40/h6-9,16-17,19-20H,3-5,10-15,21-22H2,1-2H3,(H,39,40)(H,36,37,38). The smallest absolute Gasteiger partial charge is 0.329 e. The molecule has 2 aromatic carbocycles. The summed E-state index contributed by atoms with van der Waals surface area (Å²) in [6.07, 6.45) is 5.15. The molecule has 0 radical (unpaired) electrons. The summed E-state index contributed by atoms with van der Waals surface area (Å²) >= 11 is 12.2. The Morgan fingerprint density at radius 2 is 1.66 bits per heavy atom. The van der Waals surface area contributed by atoms with Crippen molar-refractivity contribution < 1.29 is 37.3 Å². The van der Waals surface area contributed by atoms with E-state index < -0.39 is 21.4 Å². The van der Waals surface area contributed by atoms with Crippen molar-refractivity contribution >= 4 is 45.1 Å². The third-order valence-corrected chi connectivity index (χ3v) is 8.57. The lowest BCUT2D eigenvalue weighted by Gasteiger charge is -2.27. The van der Waals surface area contributed by atoms with Gasteiger partial charge in [-0.1, -0.05) is 37.6 Å². The Morgan fingerprint density at radius 3 is 2.30 bits per heavy atom. The summed E-state index contributed by atoms with van der Waals surface area (Å²) in [5, 5.41) is 18.5. The number of nitrogens with zero attached hydrogens (tertiary/aromatic N) is 3. The van der Waals surface area contributed by atoms with Gasteiger partial charge in [-0.05, 0) is 54.7 Å². The molecular formula is C32H38Cl2N4O8S. The van der Waals surface area contributed by atoms with E-state index in [9.17, 15) is 18.5 Å². The summed E-state index contributed by atoms with van der Waals surface area (Å²) in [6.45, 7) is 4.91. The van der Waals surface area contributed by atoms with Gasteiger partial charge in [0.05, 0.1) is 28.8 Å². The highest BCUT2D eigenvalue weighted by Gasteiger charge is 2.26. The molecule has 0 spiro atoms. The van der Waals surface area contributed by atoms with E-state index >= 15 is 0 Å². The van der Waals surface area contributed by atoms with Crippen LogP contribution in [-0.2, 0) is 36.3 Å². The molecule has 47 heavy (non-hydrogen) atoms. The molecule has 0 fully saturated rings. The van der Waals surface area contributed by atoms with Gasteiger partial charge >= 0.3 is 5.97 Å². The lowest BCUT2D eigenvalue weighted by Crippen LogP contribution is -2.21. The van der Waals surface area contributed by atoms with Crippen molar-refractivity contribution in [2.45, 2.75) is 45.1 Å². The number of carboxylic acids is 1. The van der Waals surface area contributed by atoms with E-state index in [2.05, 4.69) is 20.8 Å². The number of nitrogens with one attached hydrogen (secondary N) is 1. The first kappa shape index (κ1) is 37.8. The van der Waals surface area contributed by atoms with E-state index in [-0.39, 0.29) is 44.0 Å². The number of halogens is 2. The van der Waals surface area contributed by atoms with Gasteiger partial charge in [0.25, 0.3) is 0 Å². The number of nitriles is 1. The fraction of sp³-hybridized carbons (Fsp3) is 0.438. The van der Waals surface area contributed by atoms with Crippen LogP contribution in [0.1, 0.15) is 55.4 Å². The first-order chi connectivity index (χ1) is 22.4. The van der Waals surface area contributed by atoms with Crippen LogP contribution >= 0.6 is 23.2 Å². The van der Waals surface area contributed by atoms with E-state index in [1.807, 2.05) is 38.1 Å². The number of aliphatic carboxylic acids is 1. The fourth-order valence-electron chi connectivity index (χ4n) is 4.31. The Kier molecular flexibility index (Phi) is 15.0. The van der Waals surface area contributed by atoms with Gasteiger partial charge in [-0.3, -0.25) is 4.72 Å². The van der Waals surface area contributed by atoms with Crippen molar-refractivity contribution in [3.05, 3.63) is 76.1 Å². The number of alkyl halides is 1. The molecule has 2 N–H and O–H groups in total. The van der Waals surface area contributed by atoms with Gasteiger partial charge in [-0.25, -0.2) is 23.2 Å². The number of hydrogen-bond acceptors (Lipinski definition) is 10. The minimum Gasteiger partial charge on any atom is -0.489 e. The van der Waals surface area contributed by atoms with Crippen molar-refractivity contribution in [1.29, 1.82) is 5.26 Å². The maximum atomic E-state index is 12.4. The van der Waals surface area contributed by atoms with E-state index in [1.54, 1.807) is 12.1 Å². The molecule has 3 rings (SSSR count). The molecule has 1 aromatic heterocycles. The number of hydrogen-bond donors (Lipinski definition) is 2. The molecule has 0 saturated carbocycles. The van der Waals surface area contributed by atoms with Gasteiger partial charge < -0.3 is 24.1 Å². The predicted molar refractivity (Wildman–Crippen MR) is 178 cm³/mol. The number of carboxylic acid groups (broad SMARTS) is 1. The SMILES string of the molecule is CC(C)(c1ccc(OCc2cnc(NS(=O)(=O)CCOCCCCCOCC(=O)O)nc2)cc1)c1cc(Cl)c(OCCCl)c(C#N)c1. The van der Waals surface area contributed by atoms with E-state index in [4.69, 9.17) is 47.3 Å². The van der Waals surface area contributed by atoms with E-state index in [1.165, 1.54) is 12.4 Å². The fourth-order valence-corrected chi connectivity index (χ4v) is 5.49. The van der Waals surface area contributed by atoms with Gasteiger partial charge in [-0.2, -0.15) is 5.26 Å². The molecule has 0 aliphatic rings. The van der Waals surface area contributed by atoms with Crippen LogP contribution < -0.4 is 14.2 Å². The molecule has 3 aromatic rings. The molecule has 15 heteroatoms. The molecule has 0 unspecified atom stereocenters. The maximum absolute atomic E-state index is 12.4. The molecule has 0 saturated heterocycles. The first-order valence-corrected chi connectivity index (χ1v) is 17.4. The Labute approximate surface area is 285 Å². The second kappa shape index (κ2) is 18.6. The molecule has 0 aliphatic carbocycles. The second-order valence-electron chi connectivity index (χ2n) is 10.9. The Morgan fingerprint density at radius 1 is 0.979 bits per heavy atom. The number of aromatic nitrogens is 2. The van der Waals surface area contributed by atoms with Gasteiger partial charge in [0.2, 0.25) is 16.0 Å². The number of anilines is 1. The van der Waals surface area contributed by atoms with Crippen LogP contribution in [0.25, 0.3) is 0 Å². The van der Waals surface area contributed by atoms with Crippen molar-refractivity contribution in [3.63, 3.8) is 0 Å². The molecule has 0 bridgehead atoms. The lowest BCUT2D eigenvalue weighted by molar-refractivity contribution is -0.142. The Hall–Kier alpha value is -3.67. The zero-order valence-corrected chi connectivity index (χ0v) is 28.5. The topological polar surface area (TPSA) is 170 Å². The summed E-state index contributed by atoms with van der Waals surface area (Å²) in [5.41, 5.74) is 2.32. The average Bonchev–Trinajstić information content (AvgIpc) is 3.04. The highest BCUT2D eigenvalue weighted by molar-refractivity contribution is 7.92. The van der Waals surface area contributed by atoms with Gasteiger partial charge in [0.1, 0.15) is 31.6 Å². The maximum Gasteiger partial charge on any atom is 0.329 e. The number of sulfonamides is 1. The predicted octanol–water partition coefficient (Wildman–Crippen LogP) is 5.55. The van der Waals surface area contributed by atoms with Crippen molar-refractivity contribution in [2.24, 2.45) is 0 Å². The number of rotatable bonds is 21. The quantitative estimate of drug-likeness (QED) is 0.105. The van der Waals surface area contributed by atoms with Crippen LogP contribution in [0, 0.1) is 11.3 Å². The zero-order valence-electron chi connectivity index (χ0n) is 26.2. The summed E-state index contributed by atoms with van der Waals surface area (Å²) in [4.78, 5) is 18.5. The normalized spacial score (nSPS) is 11.6. The number of unbranched alkanes of at least 4 members (excludes halogenated alkanes) is 2. The molecule has 0 aliphatic heterocycles. The minimum absolute atomic E-state index is 0.0116. The second-order valence-corrected chi connectivity index (χ2v) is 13.5. The summed E-state index contributed by atoms with van der Waals surface area (Å²) in [5.74, 6) is -0.101. The van der Waals surface area contributed by atoms with Crippen molar-refractivity contribution in [3.8, 4) is 17.6 Å². The van der Waals surface area contributed by atoms with Crippen molar-refractivity contribution in [2.75, 3.05) is 49.4 Å². The number of ether oxygens (including phenoxy) is 4. The van der Waals surface area contributed by atoms with Crippen LogP contribution in [-0.4, -0.2) is 74.1 Å². The Balaban J connectivity index is 1.45. The average molecular weight is 710 g/mol. The third-order valence-electron chi connectivity index (χ3n) is 6.94. The number of benzene rings is 2. The first-order valence-electron chi connectivity index (χ1n) is 14.8. The molecule has 12 nitrogen and oxygen atoms in total. The molecule has 0 atom stereocenters. The molecule has 0 amide bonds. The molecule has 1 heterocycles. The Bertz CT molecular complexity index is 1600. The third kappa shape index (κ3) is 12.5. The van der Waals surface area contributed by atoms with Crippen LogP contribution in [0.4, 0.5) is 5.95 Å². The minimum atomic E-state index is -3.71. The zero-order chi connectivity index (χ0) is 34.3. The van der Waals surface area contributed by atoms with Crippen LogP contribution in [0.15, 0.2) is 48.8 Å². The molecule has 254 valence electrons. The highest BCUT2D eigenvalue weighted by atomic mass is 35.5. The van der Waals surface area contributed by atoms with Crippen LogP contribution in [0.3, 0.4) is 0 Å². The van der Waals surface area contributed by atoms with Gasteiger partial charge in [0.15, 0.2) is 5.75 Å². The van der Waals surface area contributed by atoms with Crippen molar-refractivity contribution in [1.82, 2.24) is 9.97 Å². The summed E-state index contributed by atoms with van der Waals surface area (Å²) < 4.78 is 48.8.